The maximum absolute atomic E-state index is 14.1. The Morgan fingerprint density at radius 2 is 2.07 bits per heavy atom. The standard InChI is InChI=1S/C18H18ClF2N5O/c1-26(2)7-6-22-18-24-15-12(9-13(20)14(21)16(15)25-18)17(27)23-11-5-3-4-10(19)8-11/h3-5,8-9H,6-7H2,1-2H3,(H,23,27)(H2,22,24,25). The first kappa shape index (κ1) is 19.1. The fourth-order valence-electron chi connectivity index (χ4n) is 2.53. The highest BCUT2D eigenvalue weighted by Crippen LogP contribution is 2.25. The van der Waals surface area contributed by atoms with Gasteiger partial charge in [0.2, 0.25) is 5.95 Å². The molecule has 142 valence electrons. The minimum absolute atomic E-state index is 0.0583. The number of likely N-dealkylation sites (N-methyl/N-ethyl adjacent to an activating group) is 1. The molecule has 3 aromatic rings. The summed E-state index contributed by atoms with van der Waals surface area (Å²) in [6.07, 6.45) is 0. The highest BCUT2D eigenvalue weighted by atomic mass is 35.5. The van der Waals surface area contributed by atoms with E-state index in [1.54, 1.807) is 24.3 Å². The molecular weight excluding hydrogens is 376 g/mol. The maximum Gasteiger partial charge on any atom is 0.257 e. The van der Waals surface area contributed by atoms with E-state index in [4.69, 9.17) is 11.6 Å². The molecule has 1 aromatic heterocycles. The molecule has 0 aliphatic rings. The number of imidazole rings is 1. The number of nitrogens with zero attached hydrogens (tertiary/aromatic N) is 2. The fourth-order valence-corrected chi connectivity index (χ4v) is 2.72. The van der Waals surface area contributed by atoms with E-state index in [0.717, 1.165) is 12.6 Å². The average Bonchev–Trinajstić information content (AvgIpc) is 3.02. The Kier molecular flexibility index (Phi) is 5.57. The van der Waals surface area contributed by atoms with E-state index in [1.165, 1.54) is 0 Å². The number of amides is 1. The molecular formula is C18H18ClF2N5O. The van der Waals surface area contributed by atoms with Crippen LogP contribution < -0.4 is 10.6 Å². The molecule has 0 fully saturated rings. The Morgan fingerprint density at radius 1 is 1.30 bits per heavy atom. The van der Waals surface area contributed by atoms with Crippen LogP contribution >= 0.6 is 11.6 Å². The lowest BCUT2D eigenvalue weighted by Crippen LogP contribution is -2.21. The Hall–Kier alpha value is -2.71. The predicted molar refractivity (Wildman–Crippen MR) is 102 cm³/mol. The molecule has 0 saturated heterocycles. The van der Waals surface area contributed by atoms with Crippen molar-refractivity contribution in [2.45, 2.75) is 0 Å². The molecule has 27 heavy (non-hydrogen) atoms. The van der Waals surface area contributed by atoms with Gasteiger partial charge in [-0.2, -0.15) is 0 Å². The van der Waals surface area contributed by atoms with Gasteiger partial charge in [-0.3, -0.25) is 4.79 Å². The van der Waals surface area contributed by atoms with Crippen LogP contribution in [0, 0.1) is 11.6 Å². The minimum Gasteiger partial charge on any atom is -0.355 e. The third-order valence-corrected chi connectivity index (χ3v) is 4.08. The summed E-state index contributed by atoms with van der Waals surface area (Å²) >= 11 is 5.90. The van der Waals surface area contributed by atoms with Crippen molar-refractivity contribution in [3.05, 3.63) is 52.6 Å². The molecule has 0 radical (unpaired) electrons. The highest BCUT2D eigenvalue weighted by Gasteiger charge is 2.21. The van der Waals surface area contributed by atoms with Crippen LogP contribution in [0.5, 0.6) is 0 Å². The molecule has 1 heterocycles. The number of carbonyl (C=O) groups is 1. The number of hydrogen-bond donors (Lipinski definition) is 3. The maximum atomic E-state index is 14.1. The number of benzene rings is 2. The van der Waals surface area contributed by atoms with Crippen LogP contribution in [0.4, 0.5) is 20.4 Å². The molecule has 0 aliphatic carbocycles. The first-order valence-corrected chi connectivity index (χ1v) is 8.56. The third-order valence-electron chi connectivity index (χ3n) is 3.84. The van der Waals surface area contributed by atoms with Gasteiger partial charge in [0.1, 0.15) is 5.52 Å². The number of hydrogen-bond acceptors (Lipinski definition) is 4. The summed E-state index contributed by atoms with van der Waals surface area (Å²) in [6.45, 7) is 1.26. The quantitative estimate of drug-likeness (QED) is 0.596. The summed E-state index contributed by atoms with van der Waals surface area (Å²) in [5.41, 5.74) is 0.255. The van der Waals surface area contributed by atoms with Crippen LogP contribution in [-0.4, -0.2) is 48.0 Å². The first-order valence-electron chi connectivity index (χ1n) is 8.18. The van der Waals surface area contributed by atoms with E-state index in [0.29, 0.717) is 17.3 Å². The lowest BCUT2D eigenvalue weighted by atomic mass is 10.1. The minimum atomic E-state index is -1.15. The topological polar surface area (TPSA) is 73.1 Å². The number of halogens is 3. The summed E-state index contributed by atoms with van der Waals surface area (Å²) in [5.74, 6) is -2.61. The summed E-state index contributed by atoms with van der Waals surface area (Å²) in [6, 6.07) is 7.37. The van der Waals surface area contributed by atoms with Crippen molar-refractivity contribution >= 4 is 40.2 Å². The molecule has 3 N–H and O–H groups in total. The molecule has 0 unspecified atom stereocenters. The Bertz CT molecular complexity index is 989. The number of aromatic nitrogens is 2. The molecule has 0 atom stereocenters. The number of nitrogens with one attached hydrogen (secondary N) is 3. The van der Waals surface area contributed by atoms with Crippen LogP contribution in [0.1, 0.15) is 10.4 Å². The third kappa shape index (κ3) is 4.35. The van der Waals surface area contributed by atoms with Crippen molar-refractivity contribution in [2.24, 2.45) is 0 Å². The van der Waals surface area contributed by atoms with Gasteiger partial charge in [-0.1, -0.05) is 17.7 Å². The smallest absolute Gasteiger partial charge is 0.257 e. The number of carbonyl (C=O) groups excluding carboxylic acids is 1. The van der Waals surface area contributed by atoms with E-state index in [-0.39, 0.29) is 22.5 Å². The van der Waals surface area contributed by atoms with E-state index < -0.39 is 17.5 Å². The van der Waals surface area contributed by atoms with Crippen molar-refractivity contribution in [3.63, 3.8) is 0 Å². The van der Waals surface area contributed by atoms with Gasteiger partial charge in [0, 0.05) is 23.8 Å². The molecule has 9 heteroatoms. The van der Waals surface area contributed by atoms with Gasteiger partial charge in [-0.25, -0.2) is 13.8 Å². The van der Waals surface area contributed by atoms with Crippen LogP contribution in [0.3, 0.4) is 0 Å². The van der Waals surface area contributed by atoms with Crippen molar-refractivity contribution in [2.75, 3.05) is 37.8 Å². The van der Waals surface area contributed by atoms with Crippen molar-refractivity contribution < 1.29 is 13.6 Å². The van der Waals surface area contributed by atoms with E-state index >= 15 is 0 Å². The van der Waals surface area contributed by atoms with Gasteiger partial charge >= 0.3 is 0 Å². The highest BCUT2D eigenvalue weighted by molar-refractivity contribution is 6.31. The predicted octanol–water partition coefficient (Wildman–Crippen LogP) is 3.72. The molecule has 0 spiro atoms. The van der Waals surface area contributed by atoms with E-state index in [1.807, 2.05) is 19.0 Å². The molecule has 1 amide bonds. The fraction of sp³-hybridized carbons (Fsp3) is 0.222. The Balaban J connectivity index is 1.93. The zero-order valence-corrected chi connectivity index (χ0v) is 15.5. The molecule has 2 aromatic carbocycles. The number of anilines is 2. The van der Waals surface area contributed by atoms with E-state index in [9.17, 15) is 13.6 Å². The first-order chi connectivity index (χ1) is 12.8. The Morgan fingerprint density at radius 3 is 2.78 bits per heavy atom. The number of rotatable bonds is 6. The molecule has 6 nitrogen and oxygen atoms in total. The van der Waals surface area contributed by atoms with Crippen LogP contribution in [0.25, 0.3) is 11.0 Å². The Labute approximate surface area is 159 Å². The number of aromatic amines is 1. The monoisotopic (exact) mass is 393 g/mol. The largest absolute Gasteiger partial charge is 0.355 e. The zero-order chi connectivity index (χ0) is 19.6. The van der Waals surface area contributed by atoms with Crippen LogP contribution in [0.2, 0.25) is 5.02 Å². The van der Waals surface area contributed by atoms with Crippen LogP contribution in [-0.2, 0) is 0 Å². The molecule has 0 bridgehead atoms. The summed E-state index contributed by atoms with van der Waals surface area (Å²) in [4.78, 5) is 21.4. The number of fused-ring (bicyclic) bond motifs is 1. The second-order valence-electron chi connectivity index (χ2n) is 6.22. The van der Waals surface area contributed by atoms with Crippen LogP contribution in [0.15, 0.2) is 30.3 Å². The summed E-state index contributed by atoms with van der Waals surface area (Å²) in [5, 5.41) is 6.05. The lowest BCUT2D eigenvalue weighted by molar-refractivity contribution is 0.102. The van der Waals surface area contributed by atoms with Crippen molar-refractivity contribution in [1.29, 1.82) is 0 Å². The van der Waals surface area contributed by atoms with Gasteiger partial charge in [0.05, 0.1) is 11.1 Å². The van der Waals surface area contributed by atoms with E-state index in [2.05, 4.69) is 20.6 Å². The zero-order valence-electron chi connectivity index (χ0n) is 14.7. The normalized spacial score (nSPS) is 11.2. The SMILES string of the molecule is CN(C)CCNc1nc2c(F)c(F)cc(C(=O)Nc3cccc(Cl)c3)c2[nH]1. The van der Waals surface area contributed by atoms with Gasteiger partial charge in [0.25, 0.3) is 5.91 Å². The summed E-state index contributed by atoms with van der Waals surface area (Å²) < 4.78 is 28.1. The van der Waals surface area contributed by atoms with Gasteiger partial charge in [-0.05, 0) is 38.4 Å². The van der Waals surface area contributed by atoms with Crippen molar-refractivity contribution in [3.8, 4) is 0 Å². The average molecular weight is 394 g/mol. The summed E-state index contributed by atoms with van der Waals surface area (Å²) in [7, 11) is 3.82. The van der Waals surface area contributed by atoms with Gasteiger partial charge in [0.15, 0.2) is 11.6 Å². The van der Waals surface area contributed by atoms with Gasteiger partial charge < -0.3 is 20.5 Å². The van der Waals surface area contributed by atoms with Crippen molar-refractivity contribution in [1.82, 2.24) is 14.9 Å². The second-order valence-corrected chi connectivity index (χ2v) is 6.66. The molecule has 0 saturated carbocycles. The molecule has 3 rings (SSSR count). The lowest BCUT2D eigenvalue weighted by Gasteiger charge is -2.09. The number of H-pyrrole nitrogens is 1. The van der Waals surface area contributed by atoms with Gasteiger partial charge in [-0.15, -0.1) is 0 Å². The second kappa shape index (κ2) is 7.89. The molecule has 0 aliphatic heterocycles.